The van der Waals surface area contributed by atoms with E-state index in [0.717, 1.165) is 77.0 Å². The lowest BCUT2D eigenvalue weighted by atomic mass is 10.0. The zero-order valence-electron chi connectivity index (χ0n) is 47.5. The highest BCUT2D eigenvalue weighted by Gasteiger charge is 2.19. The fraction of sp³-hybridized carbons (Fsp3) is 0.831. The van der Waals surface area contributed by atoms with Crippen LogP contribution in [-0.4, -0.2) is 37.2 Å². The van der Waals surface area contributed by atoms with Crippen molar-refractivity contribution in [3.05, 3.63) is 48.6 Å². The lowest BCUT2D eigenvalue weighted by molar-refractivity contribution is -0.167. The highest BCUT2D eigenvalue weighted by Crippen LogP contribution is 2.17. The monoisotopic (exact) mass is 995 g/mol. The van der Waals surface area contributed by atoms with Gasteiger partial charge in [-0.2, -0.15) is 0 Å². The van der Waals surface area contributed by atoms with Gasteiger partial charge in [-0.25, -0.2) is 0 Å². The highest BCUT2D eigenvalue weighted by molar-refractivity contribution is 5.71. The zero-order chi connectivity index (χ0) is 51.4. The van der Waals surface area contributed by atoms with Crippen molar-refractivity contribution in [1.82, 2.24) is 0 Å². The SMILES string of the molecule is CCCCCCC/C=C\C/C=C\CCCCCCCCCCCCCCCC(=O)OCC(COC(=O)CCCCCCC)OC(=O)CCCCCCCCCCCCC/C=C\C/C=C\CCCCCCC. The number of carbonyl (C=O) groups is 3. The molecule has 0 N–H and O–H groups in total. The van der Waals surface area contributed by atoms with Crippen LogP contribution in [0.1, 0.15) is 329 Å². The predicted octanol–water partition coefficient (Wildman–Crippen LogP) is 21.0. The second-order valence-electron chi connectivity index (χ2n) is 21.0. The molecular formula is C65H118O6. The van der Waals surface area contributed by atoms with Gasteiger partial charge in [0.15, 0.2) is 6.10 Å². The Labute approximate surface area is 441 Å². The average molecular weight is 996 g/mol. The van der Waals surface area contributed by atoms with Gasteiger partial charge in [0, 0.05) is 19.3 Å². The van der Waals surface area contributed by atoms with E-state index in [9.17, 15) is 14.4 Å². The Morgan fingerprint density at radius 3 is 0.775 bits per heavy atom. The molecule has 0 saturated carbocycles. The molecule has 0 heterocycles. The first-order chi connectivity index (χ1) is 35.0. The van der Waals surface area contributed by atoms with Crippen LogP contribution in [0.5, 0.6) is 0 Å². The van der Waals surface area contributed by atoms with Crippen molar-refractivity contribution in [3.63, 3.8) is 0 Å². The summed E-state index contributed by atoms with van der Waals surface area (Å²) in [6, 6.07) is 0. The van der Waals surface area contributed by atoms with E-state index in [1.54, 1.807) is 0 Å². The molecule has 0 bridgehead atoms. The zero-order valence-corrected chi connectivity index (χ0v) is 47.5. The van der Waals surface area contributed by atoms with Gasteiger partial charge in [0.25, 0.3) is 0 Å². The second-order valence-corrected chi connectivity index (χ2v) is 21.0. The third-order valence-corrected chi connectivity index (χ3v) is 13.8. The van der Waals surface area contributed by atoms with Gasteiger partial charge >= 0.3 is 17.9 Å². The van der Waals surface area contributed by atoms with E-state index in [2.05, 4.69) is 69.4 Å². The Hall–Kier alpha value is -2.63. The van der Waals surface area contributed by atoms with Crippen LogP contribution in [0.15, 0.2) is 48.6 Å². The molecule has 0 amide bonds. The molecule has 414 valence electrons. The molecule has 0 aliphatic heterocycles. The minimum atomic E-state index is -0.770. The maximum absolute atomic E-state index is 12.8. The summed E-state index contributed by atoms with van der Waals surface area (Å²) in [5, 5.41) is 0. The molecule has 0 aromatic carbocycles. The molecule has 71 heavy (non-hydrogen) atoms. The van der Waals surface area contributed by atoms with E-state index in [1.807, 2.05) is 0 Å². The first-order valence-corrected chi connectivity index (χ1v) is 31.1. The molecule has 0 spiro atoms. The average Bonchev–Trinajstić information content (AvgIpc) is 3.37. The van der Waals surface area contributed by atoms with Crippen LogP contribution in [-0.2, 0) is 28.6 Å². The molecule has 0 rings (SSSR count). The van der Waals surface area contributed by atoms with Gasteiger partial charge in [-0.1, -0.05) is 275 Å². The van der Waals surface area contributed by atoms with Crippen molar-refractivity contribution in [2.24, 2.45) is 0 Å². The van der Waals surface area contributed by atoms with Crippen molar-refractivity contribution >= 4 is 17.9 Å². The fourth-order valence-electron chi connectivity index (χ4n) is 9.09. The summed E-state index contributed by atoms with van der Waals surface area (Å²) in [5.74, 6) is -0.874. The van der Waals surface area contributed by atoms with Gasteiger partial charge in [-0.05, 0) is 83.5 Å². The Morgan fingerprint density at radius 2 is 0.507 bits per heavy atom. The van der Waals surface area contributed by atoms with Crippen LogP contribution in [0.2, 0.25) is 0 Å². The fourth-order valence-corrected chi connectivity index (χ4v) is 9.09. The molecule has 0 fully saturated rings. The maximum Gasteiger partial charge on any atom is 0.306 e. The number of allylic oxidation sites excluding steroid dienone is 8. The van der Waals surface area contributed by atoms with Crippen LogP contribution < -0.4 is 0 Å². The maximum atomic E-state index is 12.8. The van der Waals surface area contributed by atoms with E-state index >= 15 is 0 Å². The van der Waals surface area contributed by atoms with Crippen molar-refractivity contribution < 1.29 is 28.6 Å². The van der Waals surface area contributed by atoms with E-state index in [4.69, 9.17) is 14.2 Å². The van der Waals surface area contributed by atoms with E-state index in [0.29, 0.717) is 19.3 Å². The van der Waals surface area contributed by atoms with Crippen molar-refractivity contribution in [2.45, 2.75) is 335 Å². The minimum absolute atomic E-state index is 0.0720. The molecule has 0 saturated heterocycles. The Morgan fingerprint density at radius 1 is 0.282 bits per heavy atom. The molecule has 1 unspecified atom stereocenters. The van der Waals surface area contributed by atoms with Crippen LogP contribution in [0.25, 0.3) is 0 Å². The molecule has 6 nitrogen and oxygen atoms in total. The van der Waals surface area contributed by atoms with Crippen LogP contribution in [0.4, 0.5) is 0 Å². The van der Waals surface area contributed by atoms with Gasteiger partial charge < -0.3 is 14.2 Å². The first-order valence-electron chi connectivity index (χ1n) is 31.1. The third-order valence-electron chi connectivity index (χ3n) is 13.8. The third kappa shape index (κ3) is 58.1. The molecule has 0 aromatic rings. The van der Waals surface area contributed by atoms with Gasteiger partial charge in [-0.15, -0.1) is 0 Å². The molecule has 0 aliphatic carbocycles. The lowest BCUT2D eigenvalue weighted by Crippen LogP contribution is -2.30. The van der Waals surface area contributed by atoms with Crippen molar-refractivity contribution in [2.75, 3.05) is 13.2 Å². The number of ether oxygens (including phenoxy) is 3. The second kappa shape index (κ2) is 59.9. The summed E-state index contributed by atoms with van der Waals surface area (Å²) in [5.41, 5.74) is 0. The standard InChI is InChI=1S/C65H118O6/c1-4-7-10-13-15-17-19-21-23-25-27-29-31-32-34-35-37-39-41-43-45-47-49-52-55-58-64(67)70-61-62(60-69-63(66)57-54-51-12-9-6-3)71-65(68)59-56-53-50-48-46-44-42-40-38-36-33-30-28-26-24-22-20-18-16-14-11-8-5-2/h19-22,25-28,62H,4-18,23-24,29-61H2,1-3H3/b21-19-,22-20-,27-25-,28-26-. The first kappa shape index (κ1) is 68.4. The summed E-state index contributed by atoms with van der Waals surface area (Å²) >= 11 is 0. The topological polar surface area (TPSA) is 78.9 Å². The number of hydrogen-bond donors (Lipinski definition) is 0. The summed E-state index contributed by atoms with van der Waals surface area (Å²) < 4.78 is 16.8. The van der Waals surface area contributed by atoms with Gasteiger partial charge in [0.1, 0.15) is 13.2 Å². The summed E-state index contributed by atoms with van der Waals surface area (Å²) in [7, 11) is 0. The smallest absolute Gasteiger partial charge is 0.306 e. The van der Waals surface area contributed by atoms with Crippen LogP contribution in [0, 0.1) is 0 Å². The van der Waals surface area contributed by atoms with Crippen molar-refractivity contribution in [1.29, 1.82) is 0 Å². The molecule has 0 radical (unpaired) electrons. The number of hydrogen-bond acceptors (Lipinski definition) is 6. The van der Waals surface area contributed by atoms with E-state index in [1.165, 1.54) is 212 Å². The summed E-state index contributed by atoms with van der Waals surface area (Å²) in [6.45, 7) is 6.57. The van der Waals surface area contributed by atoms with Gasteiger partial charge in [0.05, 0.1) is 0 Å². The van der Waals surface area contributed by atoms with Crippen LogP contribution in [0.3, 0.4) is 0 Å². The molecular weight excluding hydrogens is 877 g/mol. The predicted molar refractivity (Wildman–Crippen MR) is 307 cm³/mol. The molecule has 0 aliphatic rings. The van der Waals surface area contributed by atoms with Crippen LogP contribution >= 0.6 is 0 Å². The summed E-state index contributed by atoms with van der Waals surface area (Å²) in [4.78, 5) is 37.9. The molecule has 0 aromatic heterocycles. The quantitative estimate of drug-likeness (QED) is 0.0261. The highest BCUT2D eigenvalue weighted by atomic mass is 16.6. The lowest BCUT2D eigenvalue weighted by Gasteiger charge is -2.18. The normalized spacial score (nSPS) is 12.3. The number of unbranched alkanes of at least 4 members (excludes halogenated alkanes) is 38. The van der Waals surface area contributed by atoms with Crippen molar-refractivity contribution in [3.8, 4) is 0 Å². The van der Waals surface area contributed by atoms with E-state index in [-0.39, 0.29) is 31.1 Å². The Kier molecular flexibility index (Phi) is 57.7. The number of esters is 3. The Balaban J connectivity index is 4.03. The molecule has 1 atom stereocenters. The van der Waals surface area contributed by atoms with Gasteiger partial charge in [-0.3, -0.25) is 14.4 Å². The number of rotatable bonds is 57. The Bertz CT molecular complexity index is 1230. The van der Waals surface area contributed by atoms with Gasteiger partial charge in [0.2, 0.25) is 0 Å². The minimum Gasteiger partial charge on any atom is -0.462 e. The van der Waals surface area contributed by atoms with E-state index < -0.39 is 6.10 Å². The molecule has 6 heteroatoms. The summed E-state index contributed by atoms with van der Waals surface area (Å²) in [6.07, 6.45) is 74.5. The largest absolute Gasteiger partial charge is 0.462 e. The number of carbonyl (C=O) groups excluding carboxylic acids is 3.